The van der Waals surface area contributed by atoms with Crippen LogP contribution in [-0.2, 0) is 16.0 Å². The van der Waals surface area contributed by atoms with Gasteiger partial charge in [0.15, 0.2) is 0 Å². The number of hydrogen-bond donors (Lipinski definition) is 2. The molecule has 2 aromatic carbocycles. The number of anilines is 1. The first-order valence-corrected chi connectivity index (χ1v) is 10.3. The first kappa shape index (κ1) is 21.1. The maximum absolute atomic E-state index is 12.0. The zero-order chi connectivity index (χ0) is 20.5. The number of para-hydroxylation sites is 1. The van der Waals surface area contributed by atoms with Crippen LogP contribution in [0.15, 0.2) is 54.6 Å². The summed E-state index contributed by atoms with van der Waals surface area (Å²) < 4.78 is 0. The Labute approximate surface area is 176 Å². The second-order valence-corrected chi connectivity index (χ2v) is 7.58. The van der Waals surface area contributed by atoms with E-state index in [0.717, 1.165) is 31.7 Å². The van der Waals surface area contributed by atoms with E-state index in [1.807, 2.05) is 24.3 Å². The Morgan fingerprint density at radius 3 is 2.24 bits per heavy atom. The SMILES string of the molecule is O=C(CCc1cccc(Cl)c1)NNC(=O)CCN1CCN(c2ccccc2)CC1. The summed E-state index contributed by atoms with van der Waals surface area (Å²) in [5.41, 5.74) is 7.22. The molecule has 2 amide bonds. The number of nitrogens with zero attached hydrogens (tertiary/aromatic N) is 2. The highest BCUT2D eigenvalue weighted by molar-refractivity contribution is 6.30. The fourth-order valence-corrected chi connectivity index (χ4v) is 3.56. The number of benzene rings is 2. The quantitative estimate of drug-likeness (QED) is 0.683. The number of nitrogens with one attached hydrogen (secondary N) is 2. The molecule has 0 unspecified atom stereocenters. The zero-order valence-electron chi connectivity index (χ0n) is 16.4. The number of hydrazine groups is 1. The fourth-order valence-electron chi connectivity index (χ4n) is 3.34. The second kappa shape index (κ2) is 10.8. The fraction of sp³-hybridized carbons (Fsp3) is 0.364. The second-order valence-electron chi connectivity index (χ2n) is 7.14. The molecule has 0 bridgehead atoms. The zero-order valence-corrected chi connectivity index (χ0v) is 17.2. The maximum Gasteiger partial charge on any atom is 0.239 e. The molecule has 0 radical (unpaired) electrons. The minimum atomic E-state index is -0.213. The topological polar surface area (TPSA) is 64.7 Å². The molecule has 0 atom stereocenters. The van der Waals surface area contributed by atoms with Crippen molar-refractivity contribution >= 4 is 29.1 Å². The minimum Gasteiger partial charge on any atom is -0.369 e. The van der Waals surface area contributed by atoms with E-state index >= 15 is 0 Å². The molecule has 1 aliphatic rings. The summed E-state index contributed by atoms with van der Waals surface area (Å²) in [6, 6.07) is 17.8. The monoisotopic (exact) mass is 414 g/mol. The molecular weight excluding hydrogens is 388 g/mol. The minimum absolute atomic E-state index is 0.174. The Hall–Kier alpha value is -2.57. The highest BCUT2D eigenvalue weighted by Crippen LogP contribution is 2.15. The summed E-state index contributed by atoms with van der Waals surface area (Å²) in [5.74, 6) is -0.388. The lowest BCUT2D eigenvalue weighted by Gasteiger charge is -2.36. The summed E-state index contributed by atoms with van der Waals surface area (Å²) in [4.78, 5) is 28.6. The maximum atomic E-state index is 12.0. The molecule has 0 aliphatic carbocycles. The van der Waals surface area contributed by atoms with E-state index in [2.05, 4.69) is 44.9 Å². The molecule has 0 saturated carbocycles. The highest BCUT2D eigenvalue weighted by Gasteiger charge is 2.17. The smallest absolute Gasteiger partial charge is 0.239 e. The highest BCUT2D eigenvalue weighted by atomic mass is 35.5. The molecule has 1 saturated heterocycles. The third kappa shape index (κ3) is 7.07. The molecule has 7 heteroatoms. The van der Waals surface area contributed by atoms with Crippen molar-refractivity contribution in [3.05, 3.63) is 65.2 Å². The normalized spacial score (nSPS) is 14.4. The molecule has 0 aromatic heterocycles. The van der Waals surface area contributed by atoms with E-state index in [1.165, 1.54) is 5.69 Å². The summed E-state index contributed by atoms with van der Waals surface area (Å²) in [5, 5.41) is 0.654. The molecule has 1 fully saturated rings. The molecule has 29 heavy (non-hydrogen) atoms. The van der Waals surface area contributed by atoms with Gasteiger partial charge in [-0.15, -0.1) is 0 Å². The summed E-state index contributed by atoms with van der Waals surface area (Å²) >= 11 is 5.94. The number of hydrogen-bond acceptors (Lipinski definition) is 4. The van der Waals surface area contributed by atoms with Gasteiger partial charge in [0, 0.05) is 56.3 Å². The third-order valence-corrected chi connectivity index (χ3v) is 5.25. The van der Waals surface area contributed by atoms with Crippen LogP contribution in [0.2, 0.25) is 5.02 Å². The van der Waals surface area contributed by atoms with Gasteiger partial charge in [-0.1, -0.05) is 41.9 Å². The Morgan fingerprint density at radius 2 is 1.55 bits per heavy atom. The largest absolute Gasteiger partial charge is 0.369 e. The number of piperazine rings is 1. The molecule has 6 nitrogen and oxygen atoms in total. The Bertz CT molecular complexity index is 807. The van der Waals surface area contributed by atoms with Crippen LogP contribution < -0.4 is 15.8 Å². The molecular formula is C22H27ClN4O2. The van der Waals surface area contributed by atoms with Crippen molar-refractivity contribution in [2.75, 3.05) is 37.6 Å². The lowest BCUT2D eigenvalue weighted by atomic mass is 10.1. The number of carbonyl (C=O) groups is 2. The number of rotatable bonds is 7. The van der Waals surface area contributed by atoms with Crippen molar-refractivity contribution in [2.24, 2.45) is 0 Å². The number of halogens is 1. The van der Waals surface area contributed by atoms with E-state index < -0.39 is 0 Å². The van der Waals surface area contributed by atoms with Crippen molar-refractivity contribution in [1.29, 1.82) is 0 Å². The molecule has 1 heterocycles. The lowest BCUT2D eigenvalue weighted by Crippen LogP contribution is -2.48. The van der Waals surface area contributed by atoms with E-state index in [0.29, 0.717) is 30.8 Å². The summed E-state index contributed by atoms with van der Waals surface area (Å²) in [7, 11) is 0. The predicted octanol–water partition coefficient (Wildman–Crippen LogP) is 2.63. The third-order valence-electron chi connectivity index (χ3n) is 5.02. The van der Waals surface area contributed by atoms with Gasteiger partial charge in [-0.2, -0.15) is 0 Å². The van der Waals surface area contributed by atoms with E-state index in [4.69, 9.17) is 11.6 Å². The van der Waals surface area contributed by atoms with Gasteiger partial charge in [-0.25, -0.2) is 0 Å². The number of aryl methyl sites for hydroxylation is 1. The van der Waals surface area contributed by atoms with Gasteiger partial charge in [0.1, 0.15) is 0 Å². The van der Waals surface area contributed by atoms with Crippen LogP contribution in [0.4, 0.5) is 5.69 Å². The van der Waals surface area contributed by atoms with Crippen LogP contribution in [0.5, 0.6) is 0 Å². The van der Waals surface area contributed by atoms with Crippen molar-refractivity contribution in [3.8, 4) is 0 Å². The van der Waals surface area contributed by atoms with Crippen molar-refractivity contribution in [1.82, 2.24) is 15.8 Å². The van der Waals surface area contributed by atoms with Crippen LogP contribution >= 0.6 is 11.6 Å². The van der Waals surface area contributed by atoms with Gasteiger partial charge in [-0.05, 0) is 36.2 Å². The molecule has 1 aliphatic heterocycles. The van der Waals surface area contributed by atoms with E-state index in [-0.39, 0.29) is 11.8 Å². The van der Waals surface area contributed by atoms with Gasteiger partial charge in [0.25, 0.3) is 0 Å². The van der Waals surface area contributed by atoms with Gasteiger partial charge in [0.2, 0.25) is 11.8 Å². The number of amides is 2. The average molecular weight is 415 g/mol. The Kier molecular flexibility index (Phi) is 7.90. The van der Waals surface area contributed by atoms with Crippen LogP contribution in [-0.4, -0.2) is 49.4 Å². The van der Waals surface area contributed by atoms with Crippen molar-refractivity contribution in [3.63, 3.8) is 0 Å². The van der Waals surface area contributed by atoms with Crippen LogP contribution in [0.25, 0.3) is 0 Å². The van der Waals surface area contributed by atoms with Gasteiger partial charge in [0.05, 0.1) is 0 Å². The summed E-state index contributed by atoms with van der Waals surface area (Å²) in [6.07, 6.45) is 1.23. The Balaban J connectivity index is 1.29. The molecule has 2 aromatic rings. The predicted molar refractivity (Wildman–Crippen MR) is 116 cm³/mol. The van der Waals surface area contributed by atoms with Gasteiger partial charge in [-0.3, -0.25) is 25.3 Å². The first-order valence-electron chi connectivity index (χ1n) is 9.94. The first-order chi connectivity index (χ1) is 14.1. The van der Waals surface area contributed by atoms with E-state index in [9.17, 15) is 9.59 Å². The van der Waals surface area contributed by atoms with Crippen molar-refractivity contribution in [2.45, 2.75) is 19.3 Å². The van der Waals surface area contributed by atoms with Gasteiger partial charge < -0.3 is 4.90 Å². The van der Waals surface area contributed by atoms with Crippen LogP contribution in [0.1, 0.15) is 18.4 Å². The average Bonchev–Trinajstić information content (AvgIpc) is 2.76. The van der Waals surface area contributed by atoms with Gasteiger partial charge >= 0.3 is 0 Å². The van der Waals surface area contributed by atoms with E-state index in [1.54, 1.807) is 6.07 Å². The summed E-state index contributed by atoms with van der Waals surface area (Å²) in [6.45, 7) is 4.44. The molecule has 0 spiro atoms. The Morgan fingerprint density at radius 1 is 0.862 bits per heavy atom. The lowest BCUT2D eigenvalue weighted by molar-refractivity contribution is -0.129. The molecule has 3 rings (SSSR count). The standard InChI is InChI=1S/C22H27ClN4O2/c23-19-6-4-5-18(17-19)9-10-21(28)24-25-22(29)11-12-26-13-15-27(16-14-26)20-7-2-1-3-8-20/h1-8,17H,9-16H2,(H,24,28)(H,25,29). The van der Waals surface area contributed by atoms with Crippen LogP contribution in [0.3, 0.4) is 0 Å². The van der Waals surface area contributed by atoms with Crippen molar-refractivity contribution < 1.29 is 9.59 Å². The van der Waals surface area contributed by atoms with Crippen LogP contribution in [0, 0.1) is 0 Å². The molecule has 154 valence electrons. The molecule has 2 N–H and O–H groups in total. The number of carbonyl (C=O) groups excluding carboxylic acids is 2.